The van der Waals surface area contributed by atoms with E-state index in [9.17, 15) is 19.8 Å². The lowest BCUT2D eigenvalue weighted by Gasteiger charge is -2.26. The van der Waals surface area contributed by atoms with E-state index >= 15 is 0 Å². The lowest BCUT2D eigenvalue weighted by atomic mass is 10.0. The number of hydrogen-bond acceptors (Lipinski definition) is 4. The summed E-state index contributed by atoms with van der Waals surface area (Å²) >= 11 is 0. The van der Waals surface area contributed by atoms with Gasteiger partial charge in [-0.15, -0.1) is 0 Å². The van der Waals surface area contributed by atoms with Gasteiger partial charge in [-0.1, -0.05) is 51.0 Å². The van der Waals surface area contributed by atoms with Gasteiger partial charge in [0.15, 0.2) is 0 Å². The molecule has 0 atom stereocenters. The van der Waals surface area contributed by atoms with Crippen LogP contribution < -0.4 is 9.80 Å². The van der Waals surface area contributed by atoms with E-state index in [0.717, 1.165) is 58.6 Å². The van der Waals surface area contributed by atoms with Gasteiger partial charge in [-0.25, -0.2) is 0 Å². The molecule has 0 fully saturated rings. The number of carbonyl (C=O) groups is 2. The molecule has 0 saturated carbocycles. The molecular formula is C36H36N2O4. The minimum atomic E-state index is -0.0905. The lowest BCUT2D eigenvalue weighted by molar-refractivity contribution is 0.0978. The van der Waals surface area contributed by atoms with Crippen LogP contribution in [0.25, 0.3) is 21.5 Å². The minimum absolute atomic E-state index is 0.0905. The van der Waals surface area contributed by atoms with Crippen LogP contribution in [0.5, 0.6) is 11.5 Å². The fourth-order valence-electron chi connectivity index (χ4n) is 5.18. The van der Waals surface area contributed by atoms with Crippen LogP contribution in [0.2, 0.25) is 0 Å². The number of aromatic hydroxyl groups is 2. The Morgan fingerprint density at radius 3 is 1.26 bits per heavy atom. The number of amides is 2. The highest BCUT2D eigenvalue weighted by Crippen LogP contribution is 2.28. The standard InChI is InChI=1S/C36H36N2O4/c1-3-5-19-37(35(41)29-9-7-27-23-33(39)17-11-25(27)21-29)31-13-15-32(16-14-31)38(20-6-4-2)36(42)30-10-8-28-24-34(40)18-12-26(28)22-30/h7-18,21-24,39-40H,3-6,19-20H2,1-2H3. The normalized spacial score (nSPS) is 11.1. The van der Waals surface area contributed by atoms with Crippen molar-refractivity contribution < 1.29 is 19.8 Å². The van der Waals surface area contributed by atoms with Crippen LogP contribution in [0.1, 0.15) is 60.2 Å². The molecule has 0 aliphatic heterocycles. The van der Waals surface area contributed by atoms with Crippen LogP contribution in [0.15, 0.2) is 97.1 Å². The second-order valence-corrected chi connectivity index (χ2v) is 10.6. The summed E-state index contributed by atoms with van der Waals surface area (Å²) < 4.78 is 0. The molecule has 5 aromatic carbocycles. The summed E-state index contributed by atoms with van der Waals surface area (Å²) in [5.74, 6) is 0.205. The Morgan fingerprint density at radius 1 is 0.524 bits per heavy atom. The molecule has 2 amide bonds. The van der Waals surface area contributed by atoms with Crippen molar-refractivity contribution in [1.29, 1.82) is 0 Å². The molecule has 5 rings (SSSR count). The van der Waals surface area contributed by atoms with Crippen LogP contribution in [0.4, 0.5) is 11.4 Å². The molecule has 214 valence electrons. The summed E-state index contributed by atoms with van der Waals surface area (Å²) in [6, 6.07) is 28.9. The second-order valence-electron chi connectivity index (χ2n) is 10.6. The molecular weight excluding hydrogens is 524 g/mol. The first-order valence-corrected chi connectivity index (χ1v) is 14.6. The quantitative estimate of drug-likeness (QED) is 0.180. The molecule has 0 spiro atoms. The first kappa shape index (κ1) is 28.7. The van der Waals surface area contributed by atoms with Gasteiger partial charge in [0.25, 0.3) is 11.8 Å². The average molecular weight is 561 g/mol. The summed E-state index contributed by atoms with van der Waals surface area (Å²) in [5.41, 5.74) is 2.71. The van der Waals surface area contributed by atoms with Gasteiger partial charge in [0, 0.05) is 35.6 Å². The molecule has 0 heterocycles. The zero-order valence-electron chi connectivity index (χ0n) is 24.1. The van der Waals surface area contributed by atoms with Gasteiger partial charge in [0.2, 0.25) is 0 Å². The number of unbranched alkanes of at least 4 members (excludes halogenated alkanes) is 2. The topological polar surface area (TPSA) is 81.1 Å². The van der Waals surface area contributed by atoms with Crippen molar-refractivity contribution in [3.63, 3.8) is 0 Å². The number of fused-ring (bicyclic) bond motifs is 2. The summed E-state index contributed by atoms with van der Waals surface area (Å²) in [7, 11) is 0. The molecule has 0 saturated heterocycles. The molecule has 6 nitrogen and oxygen atoms in total. The molecule has 0 aliphatic rings. The smallest absolute Gasteiger partial charge is 0.258 e. The first-order valence-electron chi connectivity index (χ1n) is 14.6. The highest BCUT2D eigenvalue weighted by Gasteiger charge is 2.21. The van der Waals surface area contributed by atoms with Crippen molar-refractivity contribution in [2.45, 2.75) is 39.5 Å². The van der Waals surface area contributed by atoms with Crippen molar-refractivity contribution >= 4 is 44.7 Å². The van der Waals surface area contributed by atoms with Crippen molar-refractivity contribution in [2.24, 2.45) is 0 Å². The van der Waals surface area contributed by atoms with Gasteiger partial charge in [-0.3, -0.25) is 9.59 Å². The number of carbonyl (C=O) groups excluding carboxylic acids is 2. The van der Waals surface area contributed by atoms with E-state index in [4.69, 9.17) is 0 Å². The number of rotatable bonds is 10. The van der Waals surface area contributed by atoms with E-state index < -0.39 is 0 Å². The summed E-state index contributed by atoms with van der Waals surface area (Å²) in [4.78, 5) is 31.1. The number of benzene rings is 5. The lowest BCUT2D eigenvalue weighted by Crippen LogP contribution is -2.33. The SMILES string of the molecule is CCCCN(C(=O)c1ccc2cc(O)ccc2c1)c1ccc(N(CCCC)C(=O)c2ccc3cc(O)ccc3c2)cc1. The maximum atomic E-state index is 13.7. The third-order valence-corrected chi connectivity index (χ3v) is 7.58. The fourth-order valence-corrected chi connectivity index (χ4v) is 5.18. The third kappa shape index (κ3) is 6.23. The van der Waals surface area contributed by atoms with Gasteiger partial charge in [-0.2, -0.15) is 0 Å². The zero-order chi connectivity index (χ0) is 29.6. The molecule has 0 bridgehead atoms. The summed E-state index contributed by atoms with van der Waals surface area (Å²) in [6.45, 7) is 5.35. The maximum Gasteiger partial charge on any atom is 0.258 e. The largest absolute Gasteiger partial charge is 0.508 e. The highest BCUT2D eigenvalue weighted by molar-refractivity contribution is 6.09. The number of anilines is 2. The summed E-state index contributed by atoms with van der Waals surface area (Å²) in [5, 5.41) is 23.1. The number of nitrogens with zero attached hydrogens (tertiary/aromatic N) is 2. The molecule has 5 aromatic rings. The van der Waals surface area contributed by atoms with Gasteiger partial charge < -0.3 is 20.0 Å². The Bertz CT molecular complexity index is 1600. The monoisotopic (exact) mass is 560 g/mol. The molecule has 0 unspecified atom stereocenters. The predicted molar refractivity (Wildman–Crippen MR) is 171 cm³/mol. The average Bonchev–Trinajstić information content (AvgIpc) is 3.01. The highest BCUT2D eigenvalue weighted by atomic mass is 16.3. The van der Waals surface area contributed by atoms with E-state index in [0.29, 0.717) is 24.2 Å². The van der Waals surface area contributed by atoms with Gasteiger partial charge in [0.05, 0.1) is 0 Å². The van der Waals surface area contributed by atoms with Gasteiger partial charge >= 0.3 is 0 Å². The molecule has 0 aliphatic carbocycles. The van der Waals surface area contributed by atoms with E-state index in [-0.39, 0.29) is 23.3 Å². The van der Waals surface area contributed by atoms with E-state index in [1.54, 1.807) is 46.2 Å². The third-order valence-electron chi connectivity index (χ3n) is 7.58. The van der Waals surface area contributed by atoms with Crippen LogP contribution in [-0.2, 0) is 0 Å². The van der Waals surface area contributed by atoms with Gasteiger partial charge in [0.1, 0.15) is 11.5 Å². The Hall–Kier alpha value is -4.84. The Morgan fingerprint density at radius 2 is 0.881 bits per heavy atom. The molecule has 0 radical (unpaired) electrons. The van der Waals surface area contributed by atoms with Gasteiger partial charge in [-0.05, 0) is 107 Å². The molecule has 2 N–H and O–H groups in total. The van der Waals surface area contributed by atoms with Crippen molar-refractivity contribution in [2.75, 3.05) is 22.9 Å². The van der Waals surface area contributed by atoms with E-state index in [1.807, 2.05) is 60.7 Å². The van der Waals surface area contributed by atoms with Crippen LogP contribution in [-0.4, -0.2) is 35.1 Å². The predicted octanol–water partition coefficient (Wildman–Crippen LogP) is 8.30. The Kier molecular flexibility index (Phi) is 8.72. The Labute approximate surface area is 246 Å². The fraction of sp³-hybridized carbons (Fsp3) is 0.222. The molecule has 42 heavy (non-hydrogen) atoms. The number of hydrogen-bond donors (Lipinski definition) is 2. The zero-order valence-corrected chi connectivity index (χ0v) is 24.1. The van der Waals surface area contributed by atoms with Crippen molar-refractivity contribution in [3.8, 4) is 11.5 Å². The van der Waals surface area contributed by atoms with Crippen LogP contribution in [0.3, 0.4) is 0 Å². The van der Waals surface area contributed by atoms with Crippen LogP contribution in [0, 0.1) is 0 Å². The second kappa shape index (κ2) is 12.8. The molecule has 6 heteroatoms. The number of phenolic OH excluding ortho intramolecular Hbond substituents is 2. The first-order chi connectivity index (χ1) is 20.4. The van der Waals surface area contributed by atoms with Crippen molar-refractivity contribution in [1.82, 2.24) is 0 Å². The maximum absolute atomic E-state index is 13.7. The summed E-state index contributed by atoms with van der Waals surface area (Å²) in [6.07, 6.45) is 3.61. The number of phenols is 2. The van der Waals surface area contributed by atoms with E-state index in [2.05, 4.69) is 13.8 Å². The van der Waals surface area contributed by atoms with Crippen LogP contribution >= 0.6 is 0 Å². The Balaban J connectivity index is 1.43. The van der Waals surface area contributed by atoms with E-state index in [1.165, 1.54) is 0 Å². The van der Waals surface area contributed by atoms with Crippen molar-refractivity contribution in [3.05, 3.63) is 108 Å². The molecule has 0 aromatic heterocycles. The minimum Gasteiger partial charge on any atom is -0.508 e.